The fourth-order valence-electron chi connectivity index (χ4n) is 2.46. The van der Waals surface area contributed by atoms with Crippen molar-refractivity contribution < 1.29 is 13.2 Å². The van der Waals surface area contributed by atoms with Crippen LogP contribution < -0.4 is 9.62 Å². The van der Waals surface area contributed by atoms with Gasteiger partial charge in [-0.3, -0.25) is 14.1 Å². The number of hydrogen-bond acceptors (Lipinski definition) is 4. The highest BCUT2D eigenvalue weighted by Gasteiger charge is 2.20. The van der Waals surface area contributed by atoms with Crippen molar-refractivity contribution in [3.05, 3.63) is 59.4 Å². The van der Waals surface area contributed by atoms with Crippen LogP contribution in [-0.4, -0.2) is 32.1 Å². The minimum atomic E-state index is -3.47. The van der Waals surface area contributed by atoms with Gasteiger partial charge in [0.2, 0.25) is 15.9 Å². The molecule has 2 aromatic rings. The van der Waals surface area contributed by atoms with Crippen molar-refractivity contribution in [2.24, 2.45) is 0 Å². The van der Waals surface area contributed by atoms with Crippen LogP contribution in [0, 0.1) is 13.8 Å². The summed E-state index contributed by atoms with van der Waals surface area (Å²) < 4.78 is 25.6. The molecule has 0 bridgehead atoms. The predicted molar refractivity (Wildman–Crippen MR) is 98.8 cm³/mol. The van der Waals surface area contributed by atoms with Gasteiger partial charge in [0.15, 0.2) is 0 Å². The van der Waals surface area contributed by atoms with Crippen molar-refractivity contribution in [1.29, 1.82) is 0 Å². The molecule has 0 fully saturated rings. The van der Waals surface area contributed by atoms with Crippen LogP contribution in [0.5, 0.6) is 0 Å². The molecule has 25 heavy (non-hydrogen) atoms. The zero-order chi connectivity index (χ0) is 18.4. The van der Waals surface area contributed by atoms with Crippen LogP contribution in [0.4, 0.5) is 5.69 Å². The van der Waals surface area contributed by atoms with Crippen LogP contribution in [0.3, 0.4) is 0 Å². The smallest absolute Gasteiger partial charge is 0.232 e. The molecule has 0 radical (unpaired) electrons. The molecule has 0 unspecified atom stereocenters. The molecule has 1 N–H and O–H groups in total. The second kappa shape index (κ2) is 8.11. The van der Waals surface area contributed by atoms with Crippen LogP contribution in [0.25, 0.3) is 0 Å². The number of hydrogen-bond donors (Lipinski definition) is 1. The van der Waals surface area contributed by atoms with E-state index < -0.39 is 10.0 Å². The van der Waals surface area contributed by atoms with Crippen molar-refractivity contribution in [3.8, 4) is 0 Å². The average Bonchev–Trinajstić information content (AvgIpc) is 2.56. The van der Waals surface area contributed by atoms with E-state index in [9.17, 15) is 13.2 Å². The first-order valence-corrected chi connectivity index (χ1v) is 9.83. The van der Waals surface area contributed by atoms with Crippen molar-refractivity contribution in [3.63, 3.8) is 0 Å². The molecule has 0 aliphatic rings. The minimum absolute atomic E-state index is 0.0888. The second-order valence-electron chi connectivity index (χ2n) is 5.94. The topological polar surface area (TPSA) is 79.4 Å². The fraction of sp³-hybridized carbons (Fsp3) is 0.333. The quantitative estimate of drug-likeness (QED) is 0.820. The van der Waals surface area contributed by atoms with Gasteiger partial charge in [0, 0.05) is 31.9 Å². The van der Waals surface area contributed by atoms with E-state index in [2.05, 4.69) is 10.3 Å². The van der Waals surface area contributed by atoms with Gasteiger partial charge in [0.25, 0.3) is 0 Å². The maximum Gasteiger partial charge on any atom is 0.232 e. The number of aryl methyl sites for hydroxylation is 1. The Bertz CT molecular complexity index is 836. The molecule has 1 heterocycles. The number of nitrogens with one attached hydrogen (secondary N) is 1. The summed E-state index contributed by atoms with van der Waals surface area (Å²) in [6.07, 6.45) is 4.57. The highest BCUT2D eigenvalue weighted by Crippen LogP contribution is 2.25. The third-order valence-corrected chi connectivity index (χ3v) is 5.21. The fourth-order valence-corrected chi connectivity index (χ4v) is 3.44. The molecule has 1 aromatic carbocycles. The summed E-state index contributed by atoms with van der Waals surface area (Å²) in [6.45, 7) is 4.31. The molecule has 0 aliphatic heterocycles. The van der Waals surface area contributed by atoms with Gasteiger partial charge < -0.3 is 5.32 Å². The summed E-state index contributed by atoms with van der Waals surface area (Å²) in [6, 6.07) is 9.15. The number of aromatic nitrogens is 1. The lowest BCUT2D eigenvalue weighted by Crippen LogP contribution is -2.35. The zero-order valence-corrected chi connectivity index (χ0v) is 15.5. The molecule has 6 nitrogen and oxygen atoms in total. The summed E-state index contributed by atoms with van der Waals surface area (Å²) >= 11 is 0. The van der Waals surface area contributed by atoms with Crippen molar-refractivity contribution in [2.75, 3.05) is 17.1 Å². The van der Waals surface area contributed by atoms with Gasteiger partial charge in [0.05, 0.1) is 11.9 Å². The van der Waals surface area contributed by atoms with E-state index in [1.165, 1.54) is 4.31 Å². The monoisotopic (exact) mass is 361 g/mol. The molecule has 7 heteroatoms. The predicted octanol–water partition coefficient (Wildman–Crippen LogP) is 2.17. The standard InChI is InChI=1S/C18H23N3O3S/c1-14-5-4-6-17(15(14)2)21(25(3,23)24)12-9-18(22)20-13-16-7-10-19-11-8-16/h4-8,10-11H,9,12-13H2,1-3H3,(H,20,22). The van der Waals surface area contributed by atoms with Gasteiger partial charge in [-0.15, -0.1) is 0 Å². The number of pyridine rings is 1. The highest BCUT2D eigenvalue weighted by molar-refractivity contribution is 7.92. The normalized spacial score (nSPS) is 11.2. The molecule has 134 valence electrons. The van der Waals surface area contributed by atoms with E-state index in [4.69, 9.17) is 0 Å². The number of benzene rings is 1. The Balaban J connectivity index is 2.03. The Morgan fingerprint density at radius 1 is 1.16 bits per heavy atom. The average molecular weight is 361 g/mol. The van der Waals surface area contributed by atoms with Crippen molar-refractivity contribution >= 4 is 21.6 Å². The number of carbonyl (C=O) groups excluding carboxylic acids is 1. The summed E-state index contributed by atoms with van der Waals surface area (Å²) in [7, 11) is -3.47. The lowest BCUT2D eigenvalue weighted by atomic mass is 10.1. The van der Waals surface area contributed by atoms with Crippen LogP contribution in [-0.2, 0) is 21.4 Å². The minimum Gasteiger partial charge on any atom is -0.352 e. The molecule has 2 rings (SSSR count). The SMILES string of the molecule is Cc1cccc(N(CCC(=O)NCc2ccncc2)S(C)(=O)=O)c1C. The molecule has 0 saturated heterocycles. The van der Waals surface area contributed by atoms with E-state index in [0.717, 1.165) is 22.9 Å². The molecule has 0 saturated carbocycles. The lowest BCUT2D eigenvalue weighted by molar-refractivity contribution is -0.121. The first-order valence-electron chi connectivity index (χ1n) is 7.98. The Labute approximate surface area is 148 Å². The van der Waals surface area contributed by atoms with Gasteiger partial charge >= 0.3 is 0 Å². The Morgan fingerprint density at radius 2 is 1.84 bits per heavy atom. The van der Waals surface area contributed by atoms with Gasteiger partial charge in [-0.25, -0.2) is 8.42 Å². The molecule has 0 spiro atoms. The van der Waals surface area contributed by atoms with Gasteiger partial charge in [-0.2, -0.15) is 0 Å². The van der Waals surface area contributed by atoms with Crippen molar-refractivity contribution in [1.82, 2.24) is 10.3 Å². The van der Waals surface area contributed by atoms with Crippen molar-refractivity contribution in [2.45, 2.75) is 26.8 Å². The van der Waals surface area contributed by atoms with E-state index in [-0.39, 0.29) is 18.9 Å². The van der Waals surface area contributed by atoms with Crippen LogP contribution in [0.15, 0.2) is 42.7 Å². The molecule has 0 atom stereocenters. The van der Waals surface area contributed by atoms with Crippen LogP contribution >= 0.6 is 0 Å². The number of carbonyl (C=O) groups is 1. The van der Waals surface area contributed by atoms with Gasteiger partial charge in [0.1, 0.15) is 0 Å². The van der Waals surface area contributed by atoms with Gasteiger partial charge in [-0.05, 0) is 48.7 Å². The number of rotatable bonds is 7. The number of amides is 1. The molecule has 1 aromatic heterocycles. The molecule has 0 aliphatic carbocycles. The summed E-state index contributed by atoms with van der Waals surface area (Å²) in [5, 5.41) is 2.80. The number of sulfonamides is 1. The summed E-state index contributed by atoms with van der Waals surface area (Å²) in [5.41, 5.74) is 3.46. The number of nitrogens with zero attached hydrogens (tertiary/aromatic N) is 2. The maximum absolute atomic E-state index is 12.2. The summed E-state index contributed by atoms with van der Waals surface area (Å²) in [4.78, 5) is 16.0. The Kier molecular flexibility index (Phi) is 6.14. The Hall–Kier alpha value is -2.41. The second-order valence-corrected chi connectivity index (χ2v) is 7.84. The first kappa shape index (κ1) is 18.9. The third-order valence-electron chi connectivity index (χ3n) is 4.03. The van der Waals surface area contributed by atoms with E-state index >= 15 is 0 Å². The number of anilines is 1. The molecular weight excluding hydrogens is 338 g/mol. The van der Waals surface area contributed by atoms with Crippen LogP contribution in [0.1, 0.15) is 23.1 Å². The van der Waals surface area contributed by atoms with E-state index in [1.54, 1.807) is 18.5 Å². The Morgan fingerprint density at radius 3 is 2.48 bits per heavy atom. The largest absolute Gasteiger partial charge is 0.352 e. The summed E-state index contributed by atoms with van der Waals surface area (Å²) in [5.74, 6) is -0.198. The van der Waals surface area contributed by atoms with Crippen LogP contribution in [0.2, 0.25) is 0 Å². The lowest BCUT2D eigenvalue weighted by Gasteiger charge is -2.24. The molecule has 1 amide bonds. The van der Waals surface area contributed by atoms with E-state index in [0.29, 0.717) is 12.2 Å². The maximum atomic E-state index is 12.2. The van der Waals surface area contributed by atoms with E-state index in [1.807, 2.05) is 38.1 Å². The zero-order valence-electron chi connectivity index (χ0n) is 14.7. The highest BCUT2D eigenvalue weighted by atomic mass is 32.2. The van der Waals surface area contributed by atoms with Gasteiger partial charge in [-0.1, -0.05) is 12.1 Å². The third kappa shape index (κ3) is 5.29. The molecular formula is C18H23N3O3S. The first-order chi connectivity index (χ1) is 11.8.